The zero-order chi connectivity index (χ0) is 20.2. The Kier molecular flexibility index (Phi) is 4.09. The van der Waals surface area contributed by atoms with Gasteiger partial charge in [-0.25, -0.2) is 4.98 Å². The standard InChI is InChI=1S/C26H26N2O/c1-17-7-9-20-21-10-8-18(2)16-23(21)26(22(20)15-17)11-13-28(14-12-26)25(29)24-6-4-5-19(3)27-24/h4-10,15-16H,11-14H2,1-3H3. The summed E-state index contributed by atoms with van der Waals surface area (Å²) in [5.74, 6) is 0.0514. The molecule has 0 radical (unpaired) electrons. The van der Waals surface area contributed by atoms with Crippen molar-refractivity contribution in [2.24, 2.45) is 0 Å². The van der Waals surface area contributed by atoms with Crippen LogP contribution in [0.15, 0.2) is 54.6 Å². The molecule has 2 aliphatic rings. The lowest BCUT2D eigenvalue weighted by atomic mass is 9.70. The number of fused-ring (bicyclic) bond motifs is 5. The molecule has 3 heteroatoms. The molecule has 0 bridgehead atoms. The van der Waals surface area contributed by atoms with Crippen molar-refractivity contribution in [3.05, 3.63) is 88.2 Å². The highest BCUT2D eigenvalue weighted by atomic mass is 16.2. The highest BCUT2D eigenvalue weighted by Crippen LogP contribution is 2.54. The van der Waals surface area contributed by atoms with Gasteiger partial charge in [0.2, 0.25) is 0 Å². The Morgan fingerprint density at radius 3 is 2.00 bits per heavy atom. The first-order valence-corrected chi connectivity index (χ1v) is 10.4. The maximum atomic E-state index is 13.0. The minimum atomic E-state index is 0.0134. The maximum absolute atomic E-state index is 13.0. The molecule has 0 N–H and O–H groups in total. The van der Waals surface area contributed by atoms with Crippen LogP contribution in [0.4, 0.5) is 0 Å². The molecular weight excluding hydrogens is 356 g/mol. The fourth-order valence-electron chi connectivity index (χ4n) is 5.18. The lowest BCUT2D eigenvalue weighted by Crippen LogP contribution is -2.45. The van der Waals surface area contributed by atoms with Crippen LogP contribution < -0.4 is 0 Å². The molecular formula is C26H26N2O. The van der Waals surface area contributed by atoms with Crippen LogP contribution in [0.5, 0.6) is 0 Å². The van der Waals surface area contributed by atoms with Crippen LogP contribution >= 0.6 is 0 Å². The van der Waals surface area contributed by atoms with Gasteiger partial charge in [-0.3, -0.25) is 4.79 Å². The summed E-state index contributed by atoms with van der Waals surface area (Å²) in [5.41, 5.74) is 9.67. The Morgan fingerprint density at radius 1 is 0.862 bits per heavy atom. The Bertz CT molecular complexity index is 1070. The smallest absolute Gasteiger partial charge is 0.272 e. The van der Waals surface area contributed by atoms with E-state index in [1.54, 1.807) is 0 Å². The van der Waals surface area contributed by atoms with Gasteiger partial charge in [0.15, 0.2) is 0 Å². The van der Waals surface area contributed by atoms with Gasteiger partial charge >= 0.3 is 0 Å². The highest BCUT2D eigenvalue weighted by molar-refractivity contribution is 5.92. The first-order chi connectivity index (χ1) is 14.0. The molecule has 3 aromatic rings. The number of aromatic nitrogens is 1. The lowest BCUT2D eigenvalue weighted by molar-refractivity contribution is 0.0681. The number of amides is 1. The molecule has 0 atom stereocenters. The molecule has 2 heterocycles. The quantitative estimate of drug-likeness (QED) is 0.579. The van der Waals surface area contributed by atoms with Gasteiger partial charge in [-0.15, -0.1) is 0 Å². The Hall–Kier alpha value is -2.94. The number of carbonyl (C=O) groups excluding carboxylic acids is 1. The van der Waals surface area contributed by atoms with Crippen molar-refractivity contribution >= 4 is 5.91 Å². The van der Waals surface area contributed by atoms with Crippen LogP contribution in [-0.2, 0) is 5.41 Å². The molecule has 29 heavy (non-hydrogen) atoms. The first-order valence-electron chi connectivity index (χ1n) is 10.4. The molecule has 1 saturated heterocycles. The minimum absolute atomic E-state index is 0.0134. The van der Waals surface area contributed by atoms with E-state index in [0.29, 0.717) is 5.69 Å². The van der Waals surface area contributed by atoms with Crippen molar-refractivity contribution < 1.29 is 4.79 Å². The summed E-state index contributed by atoms with van der Waals surface area (Å²) in [4.78, 5) is 19.4. The van der Waals surface area contributed by atoms with Crippen LogP contribution in [0.1, 0.15) is 51.3 Å². The molecule has 146 valence electrons. The van der Waals surface area contributed by atoms with E-state index < -0.39 is 0 Å². The second-order valence-electron chi connectivity index (χ2n) is 8.64. The molecule has 1 amide bonds. The molecule has 1 aromatic heterocycles. The number of nitrogens with zero attached hydrogens (tertiary/aromatic N) is 2. The fraction of sp³-hybridized carbons (Fsp3) is 0.308. The van der Waals surface area contributed by atoms with Crippen LogP contribution in [0.3, 0.4) is 0 Å². The molecule has 5 rings (SSSR count). The van der Waals surface area contributed by atoms with Gasteiger partial charge in [-0.05, 0) is 68.0 Å². The summed E-state index contributed by atoms with van der Waals surface area (Å²) in [7, 11) is 0. The van der Waals surface area contributed by atoms with Crippen molar-refractivity contribution in [3.8, 4) is 11.1 Å². The number of hydrogen-bond donors (Lipinski definition) is 0. The average Bonchev–Trinajstić information content (AvgIpc) is 2.97. The molecule has 0 saturated carbocycles. The number of piperidine rings is 1. The number of likely N-dealkylation sites (tertiary alicyclic amines) is 1. The van der Waals surface area contributed by atoms with Crippen molar-refractivity contribution in [2.45, 2.75) is 39.0 Å². The fourth-order valence-corrected chi connectivity index (χ4v) is 5.18. The number of carbonyl (C=O) groups is 1. The topological polar surface area (TPSA) is 33.2 Å². The number of pyridine rings is 1. The molecule has 0 unspecified atom stereocenters. The van der Waals surface area contributed by atoms with Gasteiger partial charge in [0, 0.05) is 24.2 Å². The second kappa shape index (κ2) is 6.55. The summed E-state index contributed by atoms with van der Waals surface area (Å²) in [6.07, 6.45) is 1.91. The van der Waals surface area contributed by atoms with Crippen LogP contribution in [0, 0.1) is 20.8 Å². The van der Waals surface area contributed by atoms with Gasteiger partial charge in [0.1, 0.15) is 5.69 Å². The monoisotopic (exact) mass is 382 g/mol. The first kappa shape index (κ1) is 18.1. The molecule has 1 fully saturated rings. The van der Waals surface area contributed by atoms with E-state index in [1.165, 1.54) is 33.4 Å². The van der Waals surface area contributed by atoms with E-state index >= 15 is 0 Å². The van der Waals surface area contributed by atoms with Crippen LogP contribution in [0.2, 0.25) is 0 Å². The minimum Gasteiger partial charge on any atom is -0.337 e. The van der Waals surface area contributed by atoms with Crippen molar-refractivity contribution in [1.82, 2.24) is 9.88 Å². The van der Waals surface area contributed by atoms with Gasteiger partial charge in [0.25, 0.3) is 5.91 Å². The van der Waals surface area contributed by atoms with Gasteiger partial charge < -0.3 is 4.90 Å². The van der Waals surface area contributed by atoms with Crippen molar-refractivity contribution in [3.63, 3.8) is 0 Å². The molecule has 1 spiro atoms. The van der Waals surface area contributed by atoms with Gasteiger partial charge in [0.05, 0.1) is 0 Å². The average molecular weight is 383 g/mol. The van der Waals surface area contributed by atoms with E-state index in [2.05, 4.69) is 55.2 Å². The summed E-state index contributed by atoms with van der Waals surface area (Å²) >= 11 is 0. The normalized spacial score (nSPS) is 16.6. The van der Waals surface area contributed by atoms with E-state index in [0.717, 1.165) is 31.6 Å². The Balaban J connectivity index is 1.51. The summed E-state index contributed by atoms with van der Waals surface area (Å²) in [5, 5.41) is 0. The molecule has 3 nitrogen and oxygen atoms in total. The molecule has 2 aromatic carbocycles. The van der Waals surface area contributed by atoms with Crippen LogP contribution in [-0.4, -0.2) is 28.9 Å². The number of aryl methyl sites for hydroxylation is 3. The summed E-state index contributed by atoms with van der Waals surface area (Å²) in [6.45, 7) is 7.79. The number of hydrogen-bond acceptors (Lipinski definition) is 2. The summed E-state index contributed by atoms with van der Waals surface area (Å²) < 4.78 is 0. The third-order valence-corrected chi connectivity index (χ3v) is 6.68. The zero-order valence-electron chi connectivity index (χ0n) is 17.3. The third kappa shape index (κ3) is 2.79. The van der Waals surface area contributed by atoms with Crippen molar-refractivity contribution in [2.75, 3.05) is 13.1 Å². The molecule has 1 aliphatic carbocycles. The lowest BCUT2D eigenvalue weighted by Gasteiger charge is -2.41. The van der Waals surface area contributed by atoms with Crippen LogP contribution in [0.25, 0.3) is 11.1 Å². The van der Waals surface area contributed by atoms with E-state index in [4.69, 9.17) is 0 Å². The van der Waals surface area contributed by atoms with E-state index in [-0.39, 0.29) is 11.3 Å². The number of rotatable bonds is 1. The highest BCUT2D eigenvalue weighted by Gasteiger charge is 2.45. The Morgan fingerprint density at radius 2 is 1.45 bits per heavy atom. The Labute approximate surface area is 172 Å². The number of benzene rings is 2. The predicted octanol–water partition coefficient (Wildman–Crippen LogP) is 5.21. The SMILES string of the molecule is Cc1ccc2c(c1)C1(CCN(C(=O)c3cccc(C)n3)CC1)c1cc(C)ccc1-2. The third-order valence-electron chi connectivity index (χ3n) is 6.68. The largest absolute Gasteiger partial charge is 0.337 e. The summed E-state index contributed by atoms with van der Waals surface area (Å²) in [6, 6.07) is 19.4. The van der Waals surface area contributed by atoms with Gasteiger partial charge in [-0.2, -0.15) is 0 Å². The van der Waals surface area contributed by atoms with E-state index in [1.807, 2.05) is 30.0 Å². The predicted molar refractivity (Wildman–Crippen MR) is 116 cm³/mol. The van der Waals surface area contributed by atoms with E-state index in [9.17, 15) is 4.79 Å². The van der Waals surface area contributed by atoms with Crippen molar-refractivity contribution in [1.29, 1.82) is 0 Å². The molecule has 1 aliphatic heterocycles. The maximum Gasteiger partial charge on any atom is 0.272 e. The second-order valence-corrected chi connectivity index (χ2v) is 8.64. The zero-order valence-corrected chi connectivity index (χ0v) is 17.3. The van der Waals surface area contributed by atoms with Gasteiger partial charge in [-0.1, -0.05) is 53.6 Å².